The lowest BCUT2D eigenvalue weighted by atomic mass is 9.91. The van der Waals surface area contributed by atoms with Gasteiger partial charge in [0.15, 0.2) is 0 Å². The topological polar surface area (TPSA) is 20.7 Å². The molecule has 0 radical (unpaired) electrons. The predicted molar refractivity (Wildman–Crippen MR) is 108 cm³/mol. The fourth-order valence-corrected chi connectivity index (χ4v) is 3.96. The molecule has 25 heavy (non-hydrogen) atoms. The van der Waals surface area contributed by atoms with E-state index in [0.717, 1.165) is 0 Å². The van der Waals surface area contributed by atoms with Crippen LogP contribution in [0.5, 0.6) is 0 Å². The molecule has 0 bridgehead atoms. The zero-order chi connectivity index (χ0) is 17.7. The summed E-state index contributed by atoms with van der Waals surface area (Å²) < 4.78 is 2.23. The van der Waals surface area contributed by atoms with Gasteiger partial charge in [0.2, 0.25) is 0 Å². The first kappa shape index (κ1) is 16.0. The van der Waals surface area contributed by atoms with Gasteiger partial charge in [-0.05, 0) is 46.7 Å². The highest BCUT2D eigenvalue weighted by atomic mass is 14.9. The van der Waals surface area contributed by atoms with Crippen molar-refractivity contribution in [2.75, 3.05) is 0 Å². The van der Waals surface area contributed by atoms with Crippen LogP contribution in [0.1, 0.15) is 50.7 Å². The molecule has 0 aliphatic rings. The van der Waals surface area contributed by atoms with Crippen LogP contribution >= 0.6 is 0 Å². The number of nitrogens with zero attached hydrogens (tertiary/aromatic N) is 1. The van der Waals surface area contributed by atoms with Crippen molar-refractivity contribution in [1.29, 1.82) is 0 Å². The van der Waals surface area contributed by atoms with Gasteiger partial charge >= 0.3 is 0 Å². The van der Waals surface area contributed by atoms with Crippen molar-refractivity contribution in [2.45, 2.75) is 39.5 Å². The lowest BCUT2D eigenvalue weighted by Crippen LogP contribution is -1.93. The van der Waals surface area contributed by atoms with Gasteiger partial charge in [0.1, 0.15) is 0 Å². The second-order valence-corrected chi connectivity index (χ2v) is 7.71. The van der Waals surface area contributed by atoms with Crippen LogP contribution in [-0.4, -0.2) is 9.55 Å². The minimum absolute atomic E-state index is 0.500. The van der Waals surface area contributed by atoms with Crippen molar-refractivity contribution in [3.63, 3.8) is 0 Å². The minimum atomic E-state index is 0.500. The van der Waals surface area contributed by atoms with Gasteiger partial charge in [0, 0.05) is 46.8 Å². The maximum atomic E-state index is 3.48. The number of fused-ring (bicyclic) bond motifs is 2. The van der Waals surface area contributed by atoms with Crippen LogP contribution in [-0.2, 0) is 7.05 Å². The first-order chi connectivity index (χ1) is 12.0. The highest BCUT2D eigenvalue weighted by Crippen LogP contribution is 2.38. The number of hydrogen-bond acceptors (Lipinski definition) is 0. The summed E-state index contributed by atoms with van der Waals surface area (Å²) in [6, 6.07) is 13.5. The molecule has 0 saturated carbocycles. The lowest BCUT2D eigenvalue weighted by molar-refractivity contribution is 0.875. The second kappa shape index (κ2) is 5.80. The van der Waals surface area contributed by atoms with Crippen molar-refractivity contribution >= 4 is 21.8 Å². The third-order valence-electron chi connectivity index (χ3n) is 5.33. The number of benzene rings is 2. The Balaban J connectivity index is 2.05. The molecule has 0 fully saturated rings. The number of hydrogen-bond donors (Lipinski definition) is 1. The van der Waals surface area contributed by atoms with Crippen LogP contribution in [0, 0.1) is 0 Å². The van der Waals surface area contributed by atoms with E-state index >= 15 is 0 Å². The molecule has 0 aliphatic carbocycles. The molecule has 2 heteroatoms. The molecular weight excluding hydrogens is 304 g/mol. The Kier molecular flexibility index (Phi) is 3.72. The number of aryl methyl sites for hydroxylation is 1. The van der Waals surface area contributed by atoms with Crippen molar-refractivity contribution in [3.8, 4) is 11.1 Å². The molecule has 0 spiro atoms. The molecule has 1 N–H and O–H groups in total. The second-order valence-electron chi connectivity index (χ2n) is 7.71. The summed E-state index contributed by atoms with van der Waals surface area (Å²) in [7, 11) is 2.13. The number of nitrogens with one attached hydrogen (secondary N) is 1. The molecule has 0 aliphatic heterocycles. The third-order valence-corrected chi connectivity index (χ3v) is 5.33. The Morgan fingerprint density at radius 1 is 0.920 bits per heavy atom. The van der Waals surface area contributed by atoms with E-state index in [0.29, 0.717) is 11.8 Å². The van der Waals surface area contributed by atoms with Crippen LogP contribution in [0.2, 0.25) is 0 Å². The molecule has 2 aromatic heterocycles. The summed E-state index contributed by atoms with van der Waals surface area (Å²) in [4.78, 5) is 3.48. The van der Waals surface area contributed by atoms with Crippen LogP contribution in [0.25, 0.3) is 32.9 Å². The van der Waals surface area contributed by atoms with Crippen molar-refractivity contribution in [3.05, 3.63) is 59.9 Å². The van der Waals surface area contributed by atoms with E-state index in [1.807, 2.05) is 0 Å². The van der Waals surface area contributed by atoms with Crippen molar-refractivity contribution in [2.24, 2.45) is 7.05 Å². The van der Waals surface area contributed by atoms with E-state index in [2.05, 4.69) is 93.1 Å². The third kappa shape index (κ3) is 2.48. The molecule has 2 heterocycles. The molecular formula is C23H26N2. The predicted octanol–water partition coefficient (Wildman–Crippen LogP) is 6.57. The summed E-state index contributed by atoms with van der Waals surface area (Å²) in [5, 5.41) is 2.73. The SMILES string of the molecule is CC(C)c1cc(-c2c[nH]c3cccc(C(C)C)c23)cc2c1ccn2C. The average Bonchev–Trinajstić information content (AvgIpc) is 3.17. The van der Waals surface area contributed by atoms with E-state index in [4.69, 9.17) is 0 Å². The maximum Gasteiger partial charge on any atom is 0.0486 e. The maximum absolute atomic E-state index is 3.48. The molecule has 2 aromatic carbocycles. The van der Waals surface area contributed by atoms with Gasteiger partial charge in [0.25, 0.3) is 0 Å². The molecule has 0 amide bonds. The summed E-state index contributed by atoms with van der Waals surface area (Å²) >= 11 is 0. The molecule has 128 valence electrons. The standard InChI is InChI=1S/C23H26N2/c1-14(2)17-7-6-8-21-23(17)20(13-24-21)16-11-19(15(3)4)18-9-10-25(5)22(18)12-16/h6-15,24H,1-5H3. The molecule has 2 nitrogen and oxygen atoms in total. The Morgan fingerprint density at radius 2 is 1.68 bits per heavy atom. The largest absolute Gasteiger partial charge is 0.361 e. The monoisotopic (exact) mass is 330 g/mol. The van der Waals surface area contributed by atoms with E-state index in [-0.39, 0.29) is 0 Å². The number of rotatable bonds is 3. The van der Waals surface area contributed by atoms with E-state index < -0.39 is 0 Å². The van der Waals surface area contributed by atoms with Gasteiger partial charge in [-0.1, -0.05) is 45.9 Å². The Hall–Kier alpha value is -2.48. The first-order valence-corrected chi connectivity index (χ1v) is 9.16. The van der Waals surface area contributed by atoms with E-state index in [1.54, 1.807) is 0 Å². The van der Waals surface area contributed by atoms with Gasteiger partial charge < -0.3 is 9.55 Å². The summed E-state index contributed by atoms with van der Waals surface area (Å²) in [6.45, 7) is 9.09. The van der Waals surface area contributed by atoms with Crippen molar-refractivity contribution < 1.29 is 0 Å². The molecule has 4 rings (SSSR count). The molecule has 0 unspecified atom stereocenters. The molecule has 4 aromatic rings. The van der Waals surface area contributed by atoms with E-state index in [9.17, 15) is 0 Å². The smallest absolute Gasteiger partial charge is 0.0486 e. The van der Waals surface area contributed by atoms with Gasteiger partial charge in [-0.2, -0.15) is 0 Å². The number of aromatic nitrogens is 2. The fraction of sp³-hybridized carbons (Fsp3) is 0.304. The normalized spacial score (nSPS) is 12.1. The minimum Gasteiger partial charge on any atom is -0.361 e. The lowest BCUT2D eigenvalue weighted by Gasteiger charge is -2.13. The average molecular weight is 330 g/mol. The summed E-state index contributed by atoms with van der Waals surface area (Å²) in [5.41, 5.74) is 7.97. The number of aromatic amines is 1. The van der Waals surface area contributed by atoms with Gasteiger partial charge in [-0.25, -0.2) is 0 Å². The van der Waals surface area contributed by atoms with E-state index in [1.165, 1.54) is 44.1 Å². The Morgan fingerprint density at radius 3 is 2.40 bits per heavy atom. The fourth-order valence-electron chi connectivity index (χ4n) is 3.96. The Bertz CT molecular complexity index is 1060. The van der Waals surface area contributed by atoms with Crippen molar-refractivity contribution in [1.82, 2.24) is 9.55 Å². The summed E-state index contributed by atoms with van der Waals surface area (Å²) in [6.07, 6.45) is 4.33. The van der Waals surface area contributed by atoms with Crippen LogP contribution in [0.3, 0.4) is 0 Å². The van der Waals surface area contributed by atoms with Gasteiger partial charge in [0.05, 0.1) is 0 Å². The number of H-pyrrole nitrogens is 1. The van der Waals surface area contributed by atoms with Crippen LogP contribution in [0.15, 0.2) is 48.8 Å². The highest BCUT2D eigenvalue weighted by Gasteiger charge is 2.16. The molecule has 0 atom stereocenters. The Labute approximate surface area is 149 Å². The van der Waals surface area contributed by atoms with Gasteiger partial charge in [-0.15, -0.1) is 0 Å². The van der Waals surface area contributed by atoms with Crippen LogP contribution in [0.4, 0.5) is 0 Å². The summed E-state index contributed by atoms with van der Waals surface area (Å²) in [5.74, 6) is 1.00. The zero-order valence-corrected chi connectivity index (χ0v) is 15.7. The van der Waals surface area contributed by atoms with Gasteiger partial charge in [-0.3, -0.25) is 0 Å². The first-order valence-electron chi connectivity index (χ1n) is 9.16. The highest BCUT2D eigenvalue weighted by molar-refractivity contribution is 6.00. The molecule has 0 saturated heterocycles. The zero-order valence-electron chi connectivity index (χ0n) is 15.7. The quantitative estimate of drug-likeness (QED) is 0.438. The van der Waals surface area contributed by atoms with Crippen LogP contribution < -0.4 is 0 Å².